The minimum absolute atomic E-state index is 0.0670. The van der Waals surface area contributed by atoms with E-state index < -0.39 is 12.1 Å². The Hall–Kier alpha value is -1.32. The summed E-state index contributed by atoms with van der Waals surface area (Å²) < 4.78 is 10.1. The highest BCUT2D eigenvalue weighted by Crippen LogP contribution is 2.61. The van der Waals surface area contributed by atoms with E-state index in [2.05, 4.69) is 26.8 Å². The summed E-state index contributed by atoms with van der Waals surface area (Å²) in [4.78, 5) is 24.2. The van der Waals surface area contributed by atoms with Crippen molar-refractivity contribution in [2.24, 2.45) is 22.7 Å². The van der Waals surface area contributed by atoms with Gasteiger partial charge in [0.1, 0.15) is 0 Å². The fourth-order valence-corrected chi connectivity index (χ4v) is 5.27. The van der Waals surface area contributed by atoms with Crippen LogP contribution in [0.4, 0.5) is 0 Å². The van der Waals surface area contributed by atoms with Gasteiger partial charge in [-0.15, -0.1) is 0 Å². The van der Waals surface area contributed by atoms with Gasteiger partial charge in [-0.25, -0.2) is 9.59 Å². The number of hydrogen-bond donors (Lipinski definition) is 0. The molecular weight excluding hydrogens is 280 g/mol. The smallest absolute Gasteiger partial charge is 0.347 e. The second-order valence-electron chi connectivity index (χ2n) is 8.00. The second kappa shape index (κ2) is 5.10. The highest BCUT2D eigenvalue weighted by molar-refractivity contribution is 5.93. The zero-order valence-electron chi connectivity index (χ0n) is 14.0. The van der Waals surface area contributed by atoms with Crippen molar-refractivity contribution in [1.29, 1.82) is 0 Å². The van der Waals surface area contributed by atoms with Crippen LogP contribution >= 0.6 is 0 Å². The molecule has 4 atom stereocenters. The molecule has 22 heavy (non-hydrogen) atoms. The van der Waals surface area contributed by atoms with Gasteiger partial charge in [-0.1, -0.05) is 33.3 Å². The van der Waals surface area contributed by atoms with Crippen molar-refractivity contribution in [3.63, 3.8) is 0 Å². The predicted octanol–water partition coefficient (Wildman–Crippen LogP) is 3.25. The van der Waals surface area contributed by atoms with E-state index in [9.17, 15) is 9.59 Å². The molecule has 1 aliphatic heterocycles. The molecule has 1 saturated carbocycles. The van der Waals surface area contributed by atoms with Crippen molar-refractivity contribution in [2.45, 2.75) is 59.0 Å². The first-order chi connectivity index (χ1) is 10.3. The molecule has 0 aromatic heterocycles. The average Bonchev–Trinajstić information content (AvgIpc) is 2.46. The van der Waals surface area contributed by atoms with Gasteiger partial charge in [0.05, 0.1) is 7.11 Å². The normalized spacial score (nSPS) is 39.9. The van der Waals surface area contributed by atoms with Crippen molar-refractivity contribution >= 4 is 11.9 Å². The molecule has 0 spiro atoms. The lowest BCUT2D eigenvalue weighted by atomic mass is 9.47. The minimum Gasteiger partial charge on any atom is -0.466 e. The summed E-state index contributed by atoms with van der Waals surface area (Å²) in [6.45, 7) is 6.99. The molecule has 0 radical (unpaired) electrons. The Kier molecular flexibility index (Phi) is 3.61. The zero-order valence-corrected chi connectivity index (χ0v) is 14.0. The van der Waals surface area contributed by atoms with E-state index in [1.807, 2.05) is 0 Å². The van der Waals surface area contributed by atoms with E-state index in [0.29, 0.717) is 12.3 Å². The van der Waals surface area contributed by atoms with Gasteiger partial charge in [0.2, 0.25) is 0 Å². The summed E-state index contributed by atoms with van der Waals surface area (Å²) >= 11 is 0. The van der Waals surface area contributed by atoms with Gasteiger partial charge >= 0.3 is 11.9 Å². The molecule has 4 nitrogen and oxygen atoms in total. The van der Waals surface area contributed by atoms with Crippen LogP contribution in [0, 0.1) is 22.7 Å². The largest absolute Gasteiger partial charge is 0.466 e. The Morgan fingerprint density at radius 2 is 2.05 bits per heavy atom. The van der Waals surface area contributed by atoms with E-state index >= 15 is 0 Å². The van der Waals surface area contributed by atoms with Gasteiger partial charge in [0.15, 0.2) is 6.10 Å². The van der Waals surface area contributed by atoms with Crippen LogP contribution < -0.4 is 0 Å². The Morgan fingerprint density at radius 3 is 2.73 bits per heavy atom. The predicted molar refractivity (Wildman–Crippen MR) is 81.9 cm³/mol. The number of rotatable bonds is 1. The molecule has 122 valence electrons. The summed E-state index contributed by atoms with van der Waals surface area (Å²) in [5.74, 6) is -0.106. The Labute approximate surface area is 132 Å². The third kappa shape index (κ3) is 2.19. The second-order valence-corrected chi connectivity index (χ2v) is 8.00. The zero-order chi connectivity index (χ0) is 16.1. The van der Waals surface area contributed by atoms with Crippen molar-refractivity contribution in [2.75, 3.05) is 7.11 Å². The van der Waals surface area contributed by atoms with E-state index in [-0.39, 0.29) is 22.7 Å². The molecule has 1 saturated heterocycles. The molecule has 0 aromatic carbocycles. The van der Waals surface area contributed by atoms with Crippen molar-refractivity contribution in [3.05, 3.63) is 11.6 Å². The first-order valence-electron chi connectivity index (χ1n) is 8.28. The molecule has 0 N–H and O–H groups in total. The van der Waals surface area contributed by atoms with Crippen LogP contribution in [0.15, 0.2) is 11.6 Å². The van der Waals surface area contributed by atoms with Gasteiger partial charge < -0.3 is 9.47 Å². The molecule has 0 unspecified atom stereocenters. The summed E-state index contributed by atoms with van der Waals surface area (Å²) in [5, 5.41) is 0. The molecule has 0 bridgehead atoms. The minimum atomic E-state index is -0.750. The Bertz CT molecular complexity index is 533. The summed E-state index contributed by atoms with van der Waals surface area (Å²) in [7, 11) is 1.34. The van der Waals surface area contributed by atoms with E-state index in [4.69, 9.17) is 9.47 Å². The quantitative estimate of drug-likeness (QED) is 0.698. The van der Waals surface area contributed by atoms with Crippen molar-refractivity contribution in [3.8, 4) is 0 Å². The highest BCUT2D eigenvalue weighted by atomic mass is 16.6. The maximum absolute atomic E-state index is 12.3. The Balaban J connectivity index is 1.97. The molecule has 2 fully saturated rings. The van der Waals surface area contributed by atoms with E-state index in [1.165, 1.54) is 20.0 Å². The molecule has 3 rings (SSSR count). The molecule has 4 heteroatoms. The fraction of sp³-hybridized carbons (Fsp3) is 0.778. The van der Waals surface area contributed by atoms with Crippen LogP contribution in [0.3, 0.4) is 0 Å². The first-order valence-corrected chi connectivity index (χ1v) is 8.28. The summed E-state index contributed by atoms with van der Waals surface area (Å²) in [5.41, 5.74) is 1.13. The highest BCUT2D eigenvalue weighted by Gasteiger charge is 2.56. The lowest BCUT2D eigenvalue weighted by Gasteiger charge is -2.57. The monoisotopic (exact) mass is 306 g/mol. The van der Waals surface area contributed by atoms with Crippen LogP contribution in [0.5, 0.6) is 0 Å². The number of allylic oxidation sites excluding steroid dienone is 1. The number of carbonyl (C=O) groups excluding carboxylic acids is 2. The van der Waals surface area contributed by atoms with Gasteiger partial charge in [0.25, 0.3) is 0 Å². The van der Waals surface area contributed by atoms with Gasteiger partial charge in [0, 0.05) is 17.9 Å². The lowest BCUT2D eigenvalue weighted by Crippen LogP contribution is -2.53. The molecule has 3 aliphatic rings. The topological polar surface area (TPSA) is 52.6 Å². The number of cyclic esters (lactones) is 1. The number of hydrogen-bond acceptors (Lipinski definition) is 4. The maximum Gasteiger partial charge on any atom is 0.347 e. The number of methoxy groups -OCH3 is 1. The number of esters is 2. The van der Waals surface area contributed by atoms with Gasteiger partial charge in [-0.05, 0) is 36.0 Å². The molecule has 0 aromatic rings. The third-order valence-electron chi connectivity index (χ3n) is 6.42. The molecule has 1 heterocycles. The molecular formula is C18H26O4. The van der Waals surface area contributed by atoms with Gasteiger partial charge in [-0.2, -0.15) is 0 Å². The molecule has 2 aliphatic carbocycles. The van der Waals surface area contributed by atoms with Crippen molar-refractivity contribution in [1.82, 2.24) is 0 Å². The standard InChI is InChI=1S/C18H26O4/c1-17(2)8-5-9-18(3)12-10-13(16(20)21-4)22-15(19)11(12)6-7-14(17)18/h6,12-14H,5,7-10H2,1-4H3/t12-,13-,14-,18+/m0/s1. The molecule has 0 amide bonds. The number of carbonyl (C=O) groups is 2. The van der Waals surface area contributed by atoms with Gasteiger partial charge in [-0.3, -0.25) is 0 Å². The lowest BCUT2D eigenvalue weighted by molar-refractivity contribution is -0.173. The summed E-state index contributed by atoms with van der Waals surface area (Å²) in [6, 6.07) is 0. The fourth-order valence-electron chi connectivity index (χ4n) is 5.27. The Morgan fingerprint density at radius 1 is 1.32 bits per heavy atom. The van der Waals surface area contributed by atoms with Crippen LogP contribution in [0.1, 0.15) is 52.9 Å². The van der Waals surface area contributed by atoms with Crippen LogP contribution in [0.2, 0.25) is 0 Å². The SMILES string of the molecule is COC(=O)[C@@H]1C[C@H]2C(=CC[C@H]3C(C)(C)CCC[C@]23C)C(=O)O1. The summed E-state index contributed by atoms with van der Waals surface area (Å²) in [6.07, 6.45) is 6.35. The number of fused-ring (bicyclic) bond motifs is 3. The van der Waals surface area contributed by atoms with E-state index in [1.54, 1.807) is 0 Å². The maximum atomic E-state index is 12.3. The van der Waals surface area contributed by atoms with Crippen LogP contribution in [-0.4, -0.2) is 25.2 Å². The van der Waals surface area contributed by atoms with Crippen LogP contribution in [-0.2, 0) is 19.1 Å². The van der Waals surface area contributed by atoms with Crippen molar-refractivity contribution < 1.29 is 19.1 Å². The average molecular weight is 306 g/mol. The first kappa shape index (κ1) is 15.6. The third-order valence-corrected chi connectivity index (χ3v) is 6.42. The number of ether oxygens (including phenoxy) is 2. The van der Waals surface area contributed by atoms with E-state index in [0.717, 1.165) is 18.4 Å². The van der Waals surface area contributed by atoms with Crippen LogP contribution in [0.25, 0.3) is 0 Å².